The van der Waals surface area contributed by atoms with E-state index in [1.54, 1.807) is 37.2 Å². The number of ether oxygens (including phenoxy) is 3. The summed E-state index contributed by atoms with van der Waals surface area (Å²) in [7, 11) is -0.656. The number of nitrogens with one attached hydrogen (secondary N) is 2. The number of nitrogens with zero attached hydrogens (tertiary/aromatic N) is 4. The number of aromatic nitrogens is 1. The van der Waals surface area contributed by atoms with Crippen molar-refractivity contribution in [2.45, 2.75) is 46.8 Å². The van der Waals surface area contributed by atoms with Gasteiger partial charge in [-0.3, -0.25) is 0 Å². The van der Waals surface area contributed by atoms with Gasteiger partial charge in [-0.25, -0.2) is 21.6 Å². The van der Waals surface area contributed by atoms with Crippen LogP contribution in [0.4, 0.5) is 11.5 Å². The fourth-order valence-corrected chi connectivity index (χ4v) is 8.17. The maximum absolute atomic E-state index is 13.9. The van der Waals surface area contributed by atoms with Crippen LogP contribution in [0.2, 0.25) is 0 Å². The van der Waals surface area contributed by atoms with Gasteiger partial charge in [0.05, 0.1) is 23.6 Å². The number of rotatable bonds is 11. The molecule has 0 radical (unpaired) electrons. The minimum Gasteiger partial charge on any atom is -0.491 e. The van der Waals surface area contributed by atoms with Gasteiger partial charge in [-0.15, -0.1) is 0 Å². The minimum atomic E-state index is -3.83. The molecule has 1 aromatic heterocycles. The van der Waals surface area contributed by atoms with Crippen molar-refractivity contribution in [1.29, 1.82) is 0 Å². The Morgan fingerprint density at radius 2 is 1.93 bits per heavy atom. The molecule has 1 aromatic carbocycles. The van der Waals surface area contributed by atoms with Crippen LogP contribution in [0.15, 0.2) is 40.1 Å². The van der Waals surface area contributed by atoms with Crippen molar-refractivity contribution in [2.24, 2.45) is 0 Å². The lowest BCUT2D eigenvalue weighted by molar-refractivity contribution is -0.0312. The van der Waals surface area contributed by atoms with Crippen LogP contribution >= 0.6 is 0 Å². The molecule has 16 heteroatoms. The van der Waals surface area contributed by atoms with Gasteiger partial charge < -0.3 is 34.4 Å². The number of hydrogen-bond acceptors (Lipinski definition) is 12. The molecule has 5 rings (SSSR count). The molecule has 0 saturated carbocycles. The van der Waals surface area contributed by atoms with Gasteiger partial charge in [0, 0.05) is 52.9 Å². The van der Waals surface area contributed by atoms with Crippen molar-refractivity contribution in [2.75, 3.05) is 84.0 Å². The van der Waals surface area contributed by atoms with Gasteiger partial charge in [0.1, 0.15) is 35.7 Å². The number of sulfonamides is 2. The molecule has 4 heterocycles. The Bertz CT molecular complexity index is 1550. The fraction of sp³-hybridized carbons (Fsp3) is 0.607. The molecule has 44 heavy (non-hydrogen) atoms. The van der Waals surface area contributed by atoms with Crippen molar-refractivity contribution in [3.63, 3.8) is 0 Å². The van der Waals surface area contributed by atoms with Crippen LogP contribution in [0.1, 0.15) is 19.3 Å². The van der Waals surface area contributed by atoms with E-state index in [0.717, 1.165) is 0 Å². The normalized spacial score (nSPS) is 21.1. The largest absolute Gasteiger partial charge is 0.491 e. The SMILES string of the molecule is CNS(=O)(=O)c1cccc(OC[C@@H](O)CNC2COC3(CCN(S(=O)(=O)c4cc5c(nc4N(C)C)OCCN5C)CC3)C2)c1. The molecule has 2 atom stereocenters. The third-order valence-electron chi connectivity index (χ3n) is 8.34. The summed E-state index contributed by atoms with van der Waals surface area (Å²) in [6.45, 7) is 2.48. The molecule has 14 nitrogen and oxygen atoms in total. The molecule has 244 valence electrons. The van der Waals surface area contributed by atoms with Gasteiger partial charge in [0.15, 0.2) is 5.82 Å². The Balaban J connectivity index is 1.14. The zero-order valence-corrected chi connectivity index (χ0v) is 27.2. The summed E-state index contributed by atoms with van der Waals surface area (Å²) in [6, 6.07) is 7.74. The summed E-state index contributed by atoms with van der Waals surface area (Å²) in [5.41, 5.74) is 0.224. The first-order valence-corrected chi connectivity index (χ1v) is 17.5. The molecule has 2 saturated heterocycles. The maximum Gasteiger partial charge on any atom is 0.246 e. The molecule has 0 aliphatic carbocycles. The Morgan fingerprint density at radius 3 is 2.64 bits per heavy atom. The van der Waals surface area contributed by atoms with Crippen molar-refractivity contribution in [3.8, 4) is 11.6 Å². The minimum absolute atomic E-state index is 0.00219. The Hall–Kier alpha value is -2.73. The highest BCUT2D eigenvalue weighted by molar-refractivity contribution is 7.89. The van der Waals surface area contributed by atoms with Gasteiger partial charge >= 0.3 is 0 Å². The van der Waals surface area contributed by atoms with Crippen LogP contribution < -0.4 is 29.3 Å². The number of anilines is 2. The van der Waals surface area contributed by atoms with E-state index >= 15 is 0 Å². The van der Waals surface area contributed by atoms with E-state index < -0.39 is 31.8 Å². The number of piperidine rings is 1. The first-order valence-electron chi connectivity index (χ1n) is 14.6. The van der Waals surface area contributed by atoms with E-state index in [0.29, 0.717) is 75.2 Å². The van der Waals surface area contributed by atoms with Crippen LogP contribution in [0, 0.1) is 0 Å². The standard InChI is InChI=1S/C28H42N6O8S2/c1-29-43(36,37)23-7-5-6-22(14-23)41-19-21(35)17-30-20-16-28(42-18-20)8-10-34(11-9-28)44(38,39)25-15-24-27(31-26(25)32(2)3)40-13-12-33(24)4/h5-7,14-15,20-21,29-30,35H,8-13,16-19H2,1-4H3/t20?,21-/m0/s1. The van der Waals surface area contributed by atoms with E-state index in [2.05, 4.69) is 15.0 Å². The fourth-order valence-electron chi connectivity index (χ4n) is 5.75. The number of benzene rings is 1. The highest BCUT2D eigenvalue weighted by atomic mass is 32.2. The summed E-state index contributed by atoms with van der Waals surface area (Å²) >= 11 is 0. The van der Waals surface area contributed by atoms with Gasteiger partial charge in [-0.05, 0) is 44.5 Å². The van der Waals surface area contributed by atoms with Crippen molar-refractivity contribution >= 4 is 31.6 Å². The van der Waals surface area contributed by atoms with E-state index in [1.165, 1.54) is 23.5 Å². The van der Waals surface area contributed by atoms with E-state index in [1.807, 2.05) is 11.9 Å². The highest BCUT2D eigenvalue weighted by Crippen LogP contribution is 2.40. The smallest absolute Gasteiger partial charge is 0.246 e. The third-order valence-corrected chi connectivity index (χ3v) is 11.7. The van der Waals surface area contributed by atoms with Crippen molar-refractivity contribution < 1.29 is 36.2 Å². The second-order valence-electron chi connectivity index (χ2n) is 11.7. The summed E-state index contributed by atoms with van der Waals surface area (Å²) in [5.74, 6) is 1.12. The number of pyridine rings is 1. The topological polar surface area (TPSA) is 163 Å². The second-order valence-corrected chi connectivity index (χ2v) is 15.4. The van der Waals surface area contributed by atoms with Crippen LogP contribution in [0.3, 0.4) is 0 Å². The number of likely N-dealkylation sites (N-methyl/N-ethyl adjacent to an activating group) is 1. The molecular weight excluding hydrogens is 612 g/mol. The molecule has 0 amide bonds. The van der Waals surface area contributed by atoms with Crippen LogP contribution in [0.5, 0.6) is 11.6 Å². The molecule has 2 aromatic rings. The average molecular weight is 655 g/mol. The van der Waals surface area contributed by atoms with Crippen LogP contribution in [-0.4, -0.2) is 123 Å². The monoisotopic (exact) mass is 654 g/mol. The zero-order chi connectivity index (χ0) is 31.7. The number of aliphatic hydroxyl groups excluding tert-OH is 1. The van der Waals surface area contributed by atoms with Gasteiger partial charge in [-0.2, -0.15) is 9.29 Å². The quantitative estimate of drug-likeness (QED) is 0.303. The Labute approximate surface area is 259 Å². The lowest BCUT2D eigenvalue weighted by Crippen LogP contribution is -2.47. The van der Waals surface area contributed by atoms with E-state index in [-0.39, 0.29) is 29.0 Å². The zero-order valence-electron chi connectivity index (χ0n) is 25.5. The van der Waals surface area contributed by atoms with Crippen molar-refractivity contribution in [3.05, 3.63) is 30.3 Å². The number of hydrogen-bond donors (Lipinski definition) is 3. The molecule has 3 aliphatic rings. The lowest BCUT2D eigenvalue weighted by atomic mass is 9.88. The number of fused-ring (bicyclic) bond motifs is 1. The molecule has 3 N–H and O–H groups in total. The summed E-state index contributed by atoms with van der Waals surface area (Å²) in [5, 5.41) is 13.8. The van der Waals surface area contributed by atoms with Crippen LogP contribution in [-0.2, 0) is 24.8 Å². The average Bonchev–Trinajstić information content (AvgIpc) is 3.40. The molecule has 3 aliphatic heterocycles. The van der Waals surface area contributed by atoms with Crippen molar-refractivity contribution in [1.82, 2.24) is 19.3 Å². The van der Waals surface area contributed by atoms with E-state index in [9.17, 15) is 21.9 Å². The van der Waals surface area contributed by atoms with Gasteiger partial charge in [0.2, 0.25) is 25.9 Å². The molecule has 1 spiro atoms. The predicted molar refractivity (Wildman–Crippen MR) is 165 cm³/mol. The second kappa shape index (κ2) is 12.9. The summed E-state index contributed by atoms with van der Waals surface area (Å²) in [4.78, 5) is 8.44. The maximum atomic E-state index is 13.9. The number of aliphatic hydroxyl groups is 1. The molecular formula is C28H42N6O8S2. The first kappa shape index (κ1) is 32.7. The Kier molecular flexibility index (Phi) is 9.61. The summed E-state index contributed by atoms with van der Waals surface area (Å²) in [6.07, 6.45) is 0.981. The van der Waals surface area contributed by atoms with Gasteiger partial charge in [-0.1, -0.05) is 6.07 Å². The van der Waals surface area contributed by atoms with Gasteiger partial charge in [0.25, 0.3) is 0 Å². The lowest BCUT2D eigenvalue weighted by Gasteiger charge is -2.38. The van der Waals surface area contributed by atoms with Crippen LogP contribution in [0.25, 0.3) is 0 Å². The molecule has 2 fully saturated rings. The predicted octanol–water partition coefficient (Wildman–Crippen LogP) is 0.226. The molecule has 1 unspecified atom stereocenters. The molecule has 0 bridgehead atoms. The highest BCUT2D eigenvalue weighted by Gasteiger charge is 2.45. The van der Waals surface area contributed by atoms with E-state index in [4.69, 9.17) is 14.2 Å². The Morgan fingerprint density at radius 1 is 1.18 bits per heavy atom. The summed E-state index contributed by atoms with van der Waals surface area (Å²) < 4.78 is 73.1. The first-order chi connectivity index (χ1) is 20.8. The third kappa shape index (κ3) is 6.90.